The summed E-state index contributed by atoms with van der Waals surface area (Å²) in [6.07, 6.45) is 3.77. The van der Waals surface area contributed by atoms with Crippen molar-refractivity contribution in [3.05, 3.63) is 58.7 Å². The van der Waals surface area contributed by atoms with E-state index in [0.717, 1.165) is 38.9 Å². The number of hydrogen-bond acceptors (Lipinski definition) is 5. The van der Waals surface area contributed by atoms with Crippen molar-refractivity contribution in [3.63, 3.8) is 0 Å². The Balaban J connectivity index is 1.20. The van der Waals surface area contributed by atoms with Crippen LogP contribution in [0.15, 0.2) is 42.6 Å². The number of hydrogen-bond donors (Lipinski definition) is 1. The average molecular weight is 427 g/mol. The molecule has 1 fully saturated rings. The van der Waals surface area contributed by atoms with Gasteiger partial charge in [-0.05, 0) is 63.2 Å². The predicted octanol–water partition coefficient (Wildman–Crippen LogP) is 3.07. The van der Waals surface area contributed by atoms with Crippen LogP contribution in [0.5, 0.6) is 0 Å². The first kappa shape index (κ1) is 20.5. The number of aromatic nitrogens is 1. The highest BCUT2D eigenvalue weighted by molar-refractivity contribution is 6.30. The number of anilines is 1. The molecule has 0 bridgehead atoms. The number of benzene rings is 1. The Morgan fingerprint density at radius 2 is 1.70 bits per heavy atom. The molecule has 0 spiro atoms. The second-order valence-electron chi connectivity index (χ2n) is 7.63. The van der Waals surface area contributed by atoms with Gasteiger partial charge < -0.3 is 10.2 Å². The van der Waals surface area contributed by atoms with E-state index in [2.05, 4.69) is 15.2 Å². The Bertz CT molecular complexity index is 920. The van der Waals surface area contributed by atoms with E-state index in [9.17, 15) is 14.4 Å². The smallest absolute Gasteiger partial charge is 0.261 e. The Labute approximate surface area is 180 Å². The Morgan fingerprint density at radius 3 is 2.30 bits per heavy atom. The number of rotatable bonds is 6. The minimum absolute atomic E-state index is 0.0181. The maximum absolute atomic E-state index is 12.4. The molecule has 2 aromatic rings. The molecule has 1 N–H and O–H groups in total. The first-order chi connectivity index (χ1) is 14.5. The summed E-state index contributed by atoms with van der Waals surface area (Å²) < 4.78 is 0. The number of fused-ring (bicyclic) bond motifs is 1. The van der Waals surface area contributed by atoms with Gasteiger partial charge in [0, 0.05) is 18.7 Å². The van der Waals surface area contributed by atoms with Crippen LogP contribution in [0.4, 0.5) is 5.82 Å². The van der Waals surface area contributed by atoms with Crippen molar-refractivity contribution < 1.29 is 14.4 Å². The summed E-state index contributed by atoms with van der Waals surface area (Å²) in [4.78, 5) is 45.0. The summed E-state index contributed by atoms with van der Waals surface area (Å²) >= 11 is 5.81. The summed E-state index contributed by atoms with van der Waals surface area (Å²) in [6.45, 7) is 2.83. The molecule has 1 aromatic carbocycles. The first-order valence-electron chi connectivity index (χ1n) is 10.1. The lowest BCUT2D eigenvalue weighted by Crippen LogP contribution is -2.40. The van der Waals surface area contributed by atoms with Crippen molar-refractivity contribution in [2.75, 3.05) is 31.5 Å². The number of carbonyl (C=O) groups excluding carboxylic acids is 3. The molecule has 0 saturated carbocycles. The lowest BCUT2D eigenvalue weighted by molar-refractivity contribution is -0.121. The van der Waals surface area contributed by atoms with Crippen molar-refractivity contribution in [3.8, 4) is 0 Å². The van der Waals surface area contributed by atoms with Crippen molar-refractivity contribution in [2.45, 2.75) is 19.3 Å². The largest absolute Gasteiger partial charge is 0.310 e. The molecule has 2 aliphatic rings. The van der Waals surface area contributed by atoms with E-state index in [1.807, 2.05) is 0 Å². The van der Waals surface area contributed by atoms with E-state index in [1.165, 1.54) is 11.1 Å². The summed E-state index contributed by atoms with van der Waals surface area (Å²) in [7, 11) is 0. The zero-order valence-electron chi connectivity index (χ0n) is 16.5. The lowest BCUT2D eigenvalue weighted by atomic mass is 9.96. The summed E-state index contributed by atoms with van der Waals surface area (Å²) in [5, 5.41) is 3.37. The van der Waals surface area contributed by atoms with Crippen LogP contribution >= 0.6 is 11.6 Å². The van der Waals surface area contributed by atoms with Gasteiger partial charge in [0.1, 0.15) is 5.82 Å². The molecule has 30 heavy (non-hydrogen) atoms. The Kier molecular flexibility index (Phi) is 6.11. The van der Waals surface area contributed by atoms with Crippen LogP contribution in [-0.2, 0) is 4.79 Å². The van der Waals surface area contributed by atoms with Gasteiger partial charge in [0.05, 0.1) is 16.1 Å². The molecule has 2 aliphatic heterocycles. The molecule has 8 heteroatoms. The molecular formula is C22H23ClN4O3. The van der Waals surface area contributed by atoms with Gasteiger partial charge >= 0.3 is 0 Å². The Morgan fingerprint density at radius 1 is 1.03 bits per heavy atom. The van der Waals surface area contributed by atoms with Crippen LogP contribution in [0.2, 0.25) is 5.02 Å². The quantitative estimate of drug-likeness (QED) is 0.718. The SMILES string of the molecule is O=C(Nc1ccc(Cl)cn1)C1CCN(CCCN2C(=O)c3ccccc3C2=O)CC1. The number of halogens is 1. The molecule has 4 rings (SSSR count). The third kappa shape index (κ3) is 4.37. The van der Waals surface area contributed by atoms with Gasteiger partial charge in [-0.2, -0.15) is 0 Å². The van der Waals surface area contributed by atoms with Gasteiger partial charge in [-0.1, -0.05) is 23.7 Å². The molecule has 156 valence electrons. The van der Waals surface area contributed by atoms with Gasteiger partial charge in [0.2, 0.25) is 5.91 Å². The maximum atomic E-state index is 12.4. The van der Waals surface area contributed by atoms with E-state index >= 15 is 0 Å². The molecule has 0 radical (unpaired) electrons. The number of pyridine rings is 1. The van der Waals surface area contributed by atoms with E-state index in [1.54, 1.807) is 36.4 Å². The monoisotopic (exact) mass is 426 g/mol. The standard InChI is InChI=1S/C22H23ClN4O3/c23-16-6-7-19(24-14-16)25-20(28)15-8-12-26(13-9-15)10-3-11-27-21(29)17-4-1-2-5-18(17)22(27)30/h1-2,4-7,14-15H,3,8-13H2,(H,24,25,28). The van der Waals surface area contributed by atoms with Gasteiger partial charge in [0.15, 0.2) is 0 Å². The van der Waals surface area contributed by atoms with Crippen LogP contribution in [0.25, 0.3) is 0 Å². The average Bonchev–Trinajstić information content (AvgIpc) is 3.01. The summed E-state index contributed by atoms with van der Waals surface area (Å²) in [5.41, 5.74) is 0.981. The Hall–Kier alpha value is -2.77. The third-order valence-corrected chi connectivity index (χ3v) is 5.89. The fraction of sp³-hybridized carbons (Fsp3) is 0.364. The molecule has 0 aliphatic carbocycles. The fourth-order valence-corrected chi connectivity index (χ4v) is 4.10. The van der Waals surface area contributed by atoms with E-state index in [4.69, 9.17) is 11.6 Å². The number of nitrogens with one attached hydrogen (secondary N) is 1. The number of amides is 3. The second-order valence-corrected chi connectivity index (χ2v) is 8.06. The van der Waals surface area contributed by atoms with Gasteiger partial charge in [-0.15, -0.1) is 0 Å². The van der Waals surface area contributed by atoms with Gasteiger partial charge in [0.25, 0.3) is 11.8 Å². The highest BCUT2D eigenvalue weighted by atomic mass is 35.5. The van der Waals surface area contributed by atoms with Crippen LogP contribution in [0, 0.1) is 5.92 Å². The number of piperidine rings is 1. The molecule has 3 amide bonds. The normalized spacial score (nSPS) is 17.3. The highest BCUT2D eigenvalue weighted by Crippen LogP contribution is 2.23. The zero-order chi connectivity index (χ0) is 21.1. The van der Waals surface area contributed by atoms with Crippen molar-refractivity contribution >= 4 is 35.1 Å². The summed E-state index contributed by atoms with van der Waals surface area (Å²) in [5.74, 6) is 0.0295. The predicted molar refractivity (Wildman–Crippen MR) is 113 cm³/mol. The minimum Gasteiger partial charge on any atom is -0.310 e. The fourth-order valence-electron chi connectivity index (χ4n) is 3.99. The maximum Gasteiger partial charge on any atom is 0.261 e. The van der Waals surface area contributed by atoms with Crippen molar-refractivity contribution in [1.29, 1.82) is 0 Å². The van der Waals surface area contributed by atoms with E-state index < -0.39 is 0 Å². The number of nitrogens with zero attached hydrogens (tertiary/aromatic N) is 3. The lowest BCUT2D eigenvalue weighted by Gasteiger charge is -2.31. The molecular weight excluding hydrogens is 404 g/mol. The topological polar surface area (TPSA) is 82.6 Å². The van der Waals surface area contributed by atoms with Gasteiger partial charge in [-0.25, -0.2) is 4.98 Å². The van der Waals surface area contributed by atoms with Crippen molar-refractivity contribution in [1.82, 2.24) is 14.8 Å². The molecule has 3 heterocycles. The number of carbonyl (C=O) groups is 3. The molecule has 1 saturated heterocycles. The molecule has 0 unspecified atom stereocenters. The van der Waals surface area contributed by atoms with E-state index in [0.29, 0.717) is 28.5 Å². The molecule has 7 nitrogen and oxygen atoms in total. The van der Waals surface area contributed by atoms with Crippen molar-refractivity contribution in [2.24, 2.45) is 5.92 Å². The zero-order valence-corrected chi connectivity index (χ0v) is 17.3. The van der Waals surface area contributed by atoms with Gasteiger partial charge in [-0.3, -0.25) is 19.3 Å². The second kappa shape index (κ2) is 8.93. The van der Waals surface area contributed by atoms with E-state index in [-0.39, 0.29) is 23.6 Å². The van der Waals surface area contributed by atoms with Crippen LogP contribution in [0.3, 0.4) is 0 Å². The molecule has 0 atom stereocenters. The van der Waals surface area contributed by atoms with Crippen LogP contribution in [-0.4, -0.2) is 58.7 Å². The van der Waals surface area contributed by atoms with Crippen LogP contribution in [0.1, 0.15) is 40.0 Å². The first-order valence-corrected chi connectivity index (χ1v) is 10.5. The molecule has 1 aromatic heterocycles. The minimum atomic E-state index is -0.207. The number of likely N-dealkylation sites (tertiary alicyclic amines) is 1. The van der Waals surface area contributed by atoms with Crippen LogP contribution < -0.4 is 5.32 Å². The highest BCUT2D eigenvalue weighted by Gasteiger charge is 2.34. The number of imide groups is 1. The summed E-state index contributed by atoms with van der Waals surface area (Å²) in [6, 6.07) is 10.3. The third-order valence-electron chi connectivity index (χ3n) is 5.67.